The van der Waals surface area contributed by atoms with Gasteiger partial charge in [-0.25, -0.2) is 0 Å². The minimum Gasteiger partial charge on any atom is -0.496 e. The Kier molecular flexibility index (Phi) is 6.58. The number of hydrogen-bond donors (Lipinski definition) is 1. The summed E-state index contributed by atoms with van der Waals surface area (Å²) in [5, 5.41) is 3.02. The van der Waals surface area contributed by atoms with Crippen molar-refractivity contribution in [1.82, 2.24) is 5.32 Å². The van der Waals surface area contributed by atoms with Gasteiger partial charge in [-0.3, -0.25) is 4.79 Å². The van der Waals surface area contributed by atoms with Crippen molar-refractivity contribution in [2.24, 2.45) is 0 Å². The van der Waals surface area contributed by atoms with E-state index in [1.165, 1.54) is 5.56 Å². The molecule has 1 unspecified atom stereocenters. The second kappa shape index (κ2) is 9.31. The van der Waals surface area contributed by atoms with E-state index in [1.54, 1.807) is 7.11 Å². The maximum absolute atomic E-state index is 12.1. The number of aryl methyl sites for hydroxylation is 1. The van der Waals surface area contributed by atoms with E-state index in [2.05, 4.69) is 18.3 Å². The molecule has 0 radical (unpaired) electrons. The molecule has 5 heteroatoms. The van der Waals surface area contributed by atoms with Gasteiger partial charge in [-0.05, 0) is 48.1 Å². The fourth-order valence-corrected chi connectivity index (χ4v) is 3.21. The monoisotopic (exact) mass is 369 g/mol. The van der Waals surface area contributed by atoms with Crippen LogP contribution in [-0.2, 0) is 11.2 Å². The Bertz CT molecular complexity index is 775. The zero-order valence-electron chi connectivity index (χ0n) is 16.0. The van der Waals surface area contributed by atoms with Crippen molar-refractivity contribution >= 4 is 5.91 Å². The van der Waals surface area contributed by atoms with Crippen molar-refractivity contribution in [2.45, 2.75) is 32.1 Å². The molecule has 0 spiro atoms. The highest BCUT2D eigenvalue weighted by atomic mass is 16.6. The van der Waals surface area contributed by atoms with Gasteiger partial charge in [0.2, 0.25) is 5.91 Å². The summed E-state index contributed by atoms with van der Waals surface area (Å²) >= 11 is 0. The Labute approximate surface area is 160 Å². The van der Waals surface area contributed by atoms with E-state index in [4.69, 9.17) is 14.2 Å². The van der Waals surface area contributed by atoms with Gasteiger partial charge in [0.1, 0.15) is 19.0 Å². The van der Waals surface area contributed by atoms with E-state index in [0.29, 0.717) is 38.5 Å². The Hall–Kier alpha value is -2.69. The predicted molar refractivity (Wildman–Crippen MR) is 105 cm³/mol. The molecule has 2 aromatic carbocycles. The third kappa shape index (κ3) is 5.16. The van der Waals surface area contributed by atoms with Gasteiger partial charge in [-0.1, -0.05) is 31.2 Å². The summed E-state index contributed by atoms with van der Waals surface area (Å²) in [5.41, 5.74) is 2.25. The molecule has 3 rings (SSSR count). The minimum atomic E-state index is 0.0651. The van der Waals surface area contributed by atoms with Crippen LogP contribution in [0, 0.1) is 0 Å². The highest BCUT2D eigenvalue weighted by Crippen LogP contribution is 2.33. The summed E-state index contributed by atoms with van der Waals surface area (Å²) in [7, 11) is 1.65. The van der Waals surface area contributed by atoms with Crippen molar-refractivity contribution in [3.8, 4) is 17.2 Å². The molecule has 0 bridgehead atoms. The predicted octanol–water partition coefficient (Wildman–Crippen LogP) is 3.71. The Balaban J connectivity index is 1.43. The number of methoxy groups -OCH3 is 1. The van der Waals surface area contributed by atoms with E-state index in [0.717, 1.165) is 29.2 Å². The lowest BCUT2D eigenvalue weighted by molar-refractivity contribution is -0.121. The maximum Gasteiger partial charge on any atom is 0.220 e. The molecule has 27 heavy (non-hydrogen) atoms. The molecule has 1 heterocycles. The van der Waals surface area contributed by atoms with Crippen molar-refractivity contribution in [3.63, 3.8) is 0 Å². The van der Waals surface area contributed by atoms with Crippen LogP contribution < -0.4 is 19.5 Å². The van der Waals surface area contributed by atoms with Crippen LogP contribution in [0.15, 0.2) is 42.5 Å². The lowest BCUT2D eigenvalue weighted by Gasteiger charge is -2.20. The zero-order chi connectivity index (χ0) is 19.1. The first kappa shape index (κ1) is 19.1. The summed E-state index contributed by atoms with van der Waals surface area (Å²) in [4.78, 5) is 12.1. The fourth-order valence-electron chi connectivity index (χ4n) is 3.21. The third-order valence-corrected chi connectivity index (χ3v) is 4.85. The smallest absolute Gasteiger partial charge is 0.220 e. The first-order chi connectivity index (χ1) is 13.2. The van der Waals surface area contributed by atoms with Crippen LogP contribution in [0.25, 0.3) is 0 Å². The van der Waals surface area contributed by atoms with Crippen LogP contribution in [0.5, 0.6) is 17.2 Å². The van der Waals surface area contributed by atoms with E-state index < -0.39 is 0 Å². The van der Waals surface area contributed by atoms with Crippen molar-refractivity contribution < 1.29 is 19.0 Å². The highest BCUT2D eigenvalue weighted by molar-refractivity contribution is 5.76. The molecule has 144 valence electrons. The lowest BCUT2D eigenvalue weighted by atomic mass is 9.97. The number of hydrogen-bond acceptors (Lipinski definition) is 4. The largest absolute Gasteiger partial charge is 0.496 e. The summed E-state index contributed by atoms with van der Waals surface area (Å²) in [6.45, 7) is 4.00. The Morgan fingerprint density at radius 3 is 2.74 bits per heavy atom. The van der Waals surface area contributed by atoms with E-state index in [1.807, 2.05) is 36.4 Å². The standard InChI is InChI=1S/C22H27NO4/c1-16(18-7-9-20-21(15-18)27-14-13-26-20)11-12-23-22(24)10-8-17-5-3-4-6-19(17)25-2/h3-7,9,15-16H,8,10-14H2,1-2H3,(H,23,24). The van der Waals surface area contributed by atoms with Gasteiger partial charge in [-0.15, -0.1) is 0 Å². The molecular weight excluding hydrogens is 342 g/mol. The summed E-state index contributed by atoms with van der Waals surface area (Å²) in [6.07, 6.45) is 2.01. The average molecular weight is 369 g/mol. The number of carbonyl (C=O) groups excluding carboxylic acids is 1. The van der Waals surface area contributed by atoms with E-state index in [-0.39, 0.29) is 5.91 Å². The van der Waals surface area contributed by atoms with Crippen molar-refractivity contribution in [1.29, 1.82) is 0 Å². The Morgan fingerprint density at radius 2 is 1.93 bits per heavy atom. The molecule has 1 atom stereocenters. The van der Waals surface area contributed by atoms with Crippen LogP contribution in [-0.4, -0.2) is 32.8 Å². The van der Waals surface area contributed by atoms with Gasteiger partial charge in [0.05, 0.1) is 7.11 Å². The lowest BCUT2D eigenvalue weighted by Crippen LogP contribution is -2.25. The maximum atomic E-state index is 12.1. The van der Waals surface area contributed by atoms with Gasteiger partial charge >= 0.3 is 0 Å². The van der Waals surface area contributed by atoms with Gasteiger partial charge in [0.15, 0.2) is 11.5 Å². The molecule has 0 saturated carbocycles. The topological polar surface area (TPSA) is 56.8 Å². The molecule has 2 aromatic rings. The van der Waals surface area contributed by atoms with Crippen LogP contribution in [0.1, 0.15) is 36.8 Å². The molecule has 0 saturated heterocycles. The molecule has 0 fully saturated rings. The number of nitrogens with one attached hydrogen (secondary N) is 1. The molecule has 0 aromatic heterocycles. The van der Waals surface area contributed by atoms with Crippen molar-refractivity contribution in [3.05, 3.63) is 53.6 Å². The molecular formula is C22H27NO4. The number of ether oxygens (including phenoxy) is 3. The second-order valence-electron chi connectivity index (χ2n) is 6.75. The quantitative estimate of drug-likeness (QED) is 0.771. The van der Waals surface area contributed by atoms with E-state index >= 15 is 0 Å². The molecule has 1 aliphatic rings. The second-order valence-corrected chi connectivity index (χ2v) is 6.75. The fraction of sp³-hybridized carbons (Fsp3) is 0.409. The molecule has 0 aliphatic carbocycles. The third-order valence-electron chi connectivity index (χ3n) is 4.85. The zero-order valence-corrected chi connectivity index (χ0v) is 16.0. The van der Waals surface area contributed by atoms with Crippen LogP contribution in [0.4, 0.5) is 0 Å². The molecule has 1 aliphatic heterocycles. The van der Waals surface area contributed by atoms with Crippen molar-refractivity contribution in [2.75, 3.05) is 26.9 Å². The summed E-state index contributed by atoms with van der Waals surface area (Å²) in [6, 6.07) is 13.9. The number of amides is 1. The number of carbonyl (C=O) groups is 1. The number of fused-ring (bicyclic) bond motifs is 1. The van der Waals surface area contributed by atoms with Gasteiger partial charge in [0, 0.05) is 13.0 Å². The Morgan fingerprint density at radius 1 is 1.15 bits per heavy atom. The molecule has 1 amide bonds. The number of para-hydroxylation sites is 1. The average Bonchev–Trinajstić information content (AvgIpc) is 2.72. The van der Waals surface area contributed by atoms with Gasteiger partial charge in [-0.2, -0.15) is 0 Å². The van der Waals surface area contributed by atoms with Crippen LogP contribution in [0.2, 0.25) is 0 Å². The molecule has 5 nitrogen and oxygen atoms in total. The number of benzene rings is 2. The van der Waals surface area contributed by atoms with Gasteiger partial charge < -0.3 is 19.5 Å². The SMILES string of the molecule is COc1ccccc1CCC(=O)NCCC(C)c1ccc2c(c1)OCCO2. The first-order valence-electron chi connectivity index (χ1n) is 9.45. The number of rotatable bonds is 8. The minimum absolute atomic E-state index is 0.0651. The van der Waals surface area contributed by atoms with Crippen LogP contribution >= 0.6 is 0 Å². The van der Waals surface area contributed by atoms with Gasteiger partial charge in [0.25, 0.3) is 0 Å². The normalized spacial score (nSPS) is 13.7. The van der Waals surface area contributed by atoms with E-state index in [9.17, 15) is 4.79 Å². The first-order valence-corrected chi connectivity index (χ1v) is 9.45. The highest BCUT2D eigenvalue weighted by Gasteiger charge is 2.14. The van der Waals surface area contributed by atoms with Crippen LogP contribution in [0.3, 0.4) is 0 Å². The summed E-state index contributed by atoms with van der Waals surface area (Å²) < 4.78 is 16.5. The summed E-state index contributed by atoms with van der Waals surface area (Å²) in [5.74, 6) is 2.84. The molecule has 1 N–H and O–H groups in total.